The second-order valence-electron chi connectivity index (χ2n) is 5.36. The number of carbonyl (C=O) groups excluding carboxylic acids is 1. The molecule has 0 aliphatic rings. The van der Waals surface area contributed by atoms with Crippen LogP contribution in [0, 0.1) is 0 Å². The van der Waals surface area contributed by atoms with Gasteiger partial charge in [0.2, 0.25) is 0 Å². The molecule has 0 unspecified atom stereocenters. The van der Waals surface area contributed by atoms with Crippen molar-refractivity contribution in [2.45, 2.75) is 0 Å². The molecular formula is C19H15Cl2N3O. The molecule has 0 spiro atoms. The summed E-state index contributed by atoms with van der Waals surface area (Å²) in [5.74, 6) is -0.202. The molecule has 0 bridgehead atoms. The van der Waals surface area contributed by atoms with Crippen LogP contribution >= 0.6 is 23.2 Å². The van der Waals surface area contributed by atoms with Crippen molar-refractivity contribution in [2.24, 2.45) is 0 Å². The van der Waals surface area contributed by atoms with Gasteiger partial charge >= 0.3 is 0 Å². The summed E-state index contributed by atoms with van der Waals surface area (Å²) in [7, 11) is 1.72. The van der Waals surface area contributed by atoms with E-state index in [9.17, 15) is 4.79 Å². The molecule has 1 heterocycles. The van der Waals surface area contributed by atoms with Crippen LogP contribution in [0.2, 0.25) is 10.0 Å². The number of anilines is 3. The van der Waals surface area contributed by atoms with Crippen LogP contribution in [0.1, 0.15) is 10.5 Å². The molecule has 0 aliphatic carbocycles. The first-order valence-electron chi connectivity index (χ1n) is 7.56. The minimum atomic E-state index is -0.202. The topological polar surface area (TPSA) is 45.2 Å². The van der Waals surface area contributed by atoms with Crippen LogP contribution in [0.15, 0.2) is 66.9 Å². The fourth-order valence-corrected chi connectivity index (χ4v) is 2.67. The predicted molar refractivity (Wildman–Crippen MR) is 103 cm³/mol. The van der Waals surface area contributed by atoms with Gasteiger partial charge in [0.15, 0.2) is 0 Å². The van der Waals surface area contributed by atoms with Crippen molar-refractivity contribution in [3.05, 3.63) is 82.6 Å². The van der Waals surface area contributed by atoms with Crippen LogP contribution in [0.5, 0.6) is 0 Å². The summed E-state index contributed by atoms with van der Waals surface area (Å²) >= 11 is 12.2. The zero-order chi connectivity index (χ0) is 17.8. The summed E-state index contributed by atoms with van der Waals surface area (Å²) in [6.45, 7) is 0. The molecule has 0 radical (unpaired) electrons. The summed E-state index contributed by atoms with van der Waals surface area (Å²) in [4.78, 5) is 18.4. The van der Waals surface area contributed by atoms with Gasteiger partial charge in [-0.1, -0.05) is 47.5 Å². The maximum Gasteiger partial charge on any atom is 0.276 e. The lowest BCUT2D eigenvalue weighted by Crippen LogP contribution is -2.27. The van der Waals surface area contributed by atoms with E-state index >= 15 is 0 Å². The van der Waals surface area contributed by atoms with E-state index in [2.05, 4.69) is 10.3 Å². The molecule has 126 valence electrons. The molecule has 3 rings (SSSR count). The SMILES string of the molecule is CN(C(=O)c1cc(Nc2cccc(Cl)c2Cl)ccn1)c1ccccc1. The number of rotatable bonds is 4. The van der Waals surface area contributed by atoms with Gasteiger partial charge in [0.1, 0.15) is 5.69 Å². The number of benzene rings is 2. The van der Waals surface area contributed by atoms with E-state index in [0.717, 1.165) is 5.69 Å². The average molecular weight is 372 g/mol. The average Bonchev–Trinajstić information content (AvgIpc) is 2.65. The highest BCUT2D eigenvalue weighted by Crippen LogP contribution is 2.31. The van der Waals surface area contributed by atoms with Crippen LogP contribution in [-0.4, -0.2) is 17.9 Å². The van der Waals surface area contributed by atoms with E-state index in [-0.39, 0.29) is 5.91 Å². The lowest BCUT2D eigenvalue weighted by molar-refractivity contribution is 0.0988. The van der Waals surface area contributed by atoms with Crippen molar-refractivity contribution in [2.75, 3.05) is 17.3 Å². The lowest BCUT2D eigenvalue weighted by Gasteiger charge is -2.17. The molecule has 0 aliphatic heterocycles. The fraction of sp³-hybridized carbons (Fsp3) is 0.0526. The standard InChI is InChI=1S/C19H15Cl2N3O/c1-24(14-6-3-2-4-7-14)19(25)17-12-13(10-11-22-17)23-16-9-5-8-15(20)18(16)21/h2-12H,1H3,(H,22,23). The van der Waals surface area contributed by atoms with E-state index in [1.807, 2.05) is 36.4 Å². The summed E-state index contributed by atoms with van der Waals surface area (Å²) in [5, 5.41) is 4.05. The Hall–Kier alpha value is -2.56. The van der Waals surface area contributed by atoms with Crippen LogP contribution in [0.3, 0.4) is 0 Å². The number of amides is 1. The van der Waals surface area contributed by atoms with Gasteiger partial charge in [-0.15, -0.1) is 0 Å². The summed E-state index contributed by atoms with van der Waals surface area (Å²) in [5.41, 5.74) is 2.49. The van der Waals surface area contributed by atoms with Gasteiger partial charge in [0, 0.05) is 24.6 Å². The van der Waals surface area contributed by atoms with Crippen LogP contribution in [-0.2, 0) is 0 Å². The minimum Gasteiger partial charge on any atom is -0.354 e. The van der Waals surface area contributed by atoms with Crippen LogP contribution < -0.4 is 10.2 Å². The number of aromatic nitrogens is 1. The van der Waals surface area contributed by atoms with E-state index in [1.165, 1.54) is 0 Å². The first-order chi connectivity index (χ1) is 12.1. The first-order valence-corrected chi connectivity index (χ1v) is 8.32. The fourth-order valence-electron chi connectivity index (χ4n) is 2.32. The monoisotopic (exact) mass is 371 g/mol. The normalized spacial score (nSPS) is 10.4. The number of pyridine rings is 1. The lowest BCUT2D eigenvalue weighted by atomic mass is 10.2. The second kappa shape index (κ2) is 7.55. The van der Waals surface area contributed by atoms with E-state index < -0.39 is 0 Å². The Kier molecular flexibility index (Phi) is 5.22. The van der Waals surface area contributed by atoms with Crippen LogP contribution in [0.25, 0.3) is 0 Å². The first kappa shape index (κ1) is 17.3. The summed E-state index contributed by atoms with van der Waals surface area (Å²) in [6.07, 6.45) is 1.58. The Balaban J connectivity index is 1.84. The van der Waals surface area contributed by atoms with Gasteiger partial charge in [-0.25, -0.2) is 0 Å². The van der Waals surface area contributed by atoms with Gasteiger partial charge in [0.05, 0.1) is 15.7 Å². The highest BCUT2D eigenvalue weighted by Gasteiger charge is 2.15. The maximum atomic E-state index is 12.7. The molecular weight excluding hydrogens is 357 g/mol. The number of carbonyl (C=O) groups is 1. The Morgan fingerprint density at radius 3 is 2.56 bits per heavy atom. The molecule has 0 fully saturated rings. The zero-order valence-electron chi connectivity index (χ0n) is 13.4. The third kappa shape index (κ3) is 3.92. The number of para-hydroxylation sites is 1. The number of hydrogen-bond acceptors (Lipinski definition) is 3. The molecule has 0 saturated heterocycles. The quantitative estimate of drug-likeness (QED) is 0.666. The largest absolute Gasteiger partial charge is 0.354 e. The van der Waals surface area contributed by atoms with Gasteiger partial charge in [-0.3, -0.25) is 9.78 Å². The maximum absolute atomic E-state index is 12.7. The number of nitrogens with one attached hydrogen (secondary N) is 1. The summed E-state index contributed by atoms with van der Waals surface area (Å²) in [6, 6.07) is 18.2. The van der Waals surface area contributed by atoms with E-state index in [4.69, 9.17) is 23.2 Å². The molecule has 2 aromatic carbocycles. The van der Waals surface area contributed by atoms with E-state index in [1.54, 1.807) is 42.4 Å². The smallest absolute Gasteiger partial charge is 0.276 e. The van der Waals surface area contributed by atoms with Gasteiger partial charge in [0.25, 0.3) is 5.91 Å². The molecule has 6 heteroatoms. The van der Waals surface area contributed by atoms with Crippen molar-refractivity contribution in [1.29, 1.82) is 0 Å². The Bertz CT molecular complexity index is 900. The molecule has 0 saturated carbocycles. The number of hydrogen-bond donors (Lipinski definition) is 1. The highest BCUT2D eigenvalue weighted by atomic mass is 35.5. The zero-order valence-corrected chi connectivity index (χ0v) is 14.9. The highest BCUT2D eigenvalue weighted by molar-refractivity contribution is 6.43. The molecule has 1 N–H and O–H groups in total. The number of halogens is 2. The van der Waals surface area contributed by atoms with Gasteiger partial charge in [-0.05, 0) is 36.4 Å². The Morgan fingerprint density at radius 2 is 1.80 bits per heavy atom. The van der Waals surface area contributed by atoms with Gasteiger partial charge in [-0.2, -0.15) is 0 Å². The molecule has 3 aromatic rings. The Labute approximate surface area is 156 Å². The van der Waals surface area contributed by atoms with Crippen molar-refractivity contribution >= 4 is 46.2 Å². The van der Waals surface area contributed by atoms with Gasteiger partial charge < -0.3 is 10.2 Å². The van der Waals surface area contributed by atoms with E-state index in [0.29, 0.717) is 27.1 Å². The minimum absolute atomic E-state index is 0.202. The summed E-state index contributed by atoms with van der Waals surface area (Å²) < 4.78 is 0. The molecule has 25 heavy (non-hydrogen) atoms. The van der Waals surface area contributed by atoms with Crippen molar-refractivity contribution in [3.63, 3.8) is 0 Å². The molecule has 1 amide bonds. The third-order valence-electron chi connectivity index (χ3n) is 3.66. The van der Waals surface area contributed by atoms with Crippen molar-refractivity contribution in [3.8, 4) is 0 Å². The van der Waals surface area contributed by atoms with Crippen molar-refractivity contribution < 1.29 is 4.79 Å². The molecule has 1 aromatic heterocycles. The van der Waals surface area contributed by atoms with Crippen LogP contribution in [0.4, 0.5) is 17.1 Å². The predicted octanol–water partition coefficient (Wildman–Crippen LogP) is 5.41. The van der Waals surface area contributed by atoms with Crippen molar-refractivity contribution in [1.82, 2.24) is 4.98 Å². The third-order valence-corrected chi connectivity index (χ3v) is 4.48. The number of nitrogens with zero attached hydrogens (tertiary/aromatic N) is 2. The second-order valence-corrected chi connectivity index (χ2v) is 6.14. The molecule has 0 atom stereocenters. The Morgan fingerprint density at radius 1 is 1.04 bits per heavy atom. The molecule has 4 nitrogen and oxygen atoms in total.